The first-order valence-corrected chi connectivity index (χ1v) is 19.3. The van der Waals surface area contributed by atoms with Gasteiger partial charge in [-0.05, 0) is 86.3 Å². The molecule has 0 amide bonds. The molecular formula is C53H34N4. The van der Waals surface area contributed by atoms with E-state index in [1.165, 1.54) is 21.5 Å². The van der Waals surface area contributed by atoms with Crippen LogP contribution in [-0.4, -0.2) is 19.5 Å². The highest BCUT2D eigenvalue weighted by molar-refractivity contribution is 6.10. The largest absolute Gasteiger partial charge is 0.308 e. The number of hydrogen-bond donors (Lipinski definition) is 0. The van der Waals surface area contributed by atoms with Crippen LogP contribution in [0, 0.1) is 0 Å². The molecule has 4 heteroatoms. The van der Waals surface area contributed by atoms with Crippen molar-refractivity contribution in [3.05, 3.63) is 206 Å². The fourth-order valence-electron chi connectivity index (χ4n) is 8.28. The molecule has 0 aliphatic rings. The maximum Gasteiger partial charge on any atom is 0.166 e. The normalized spacial score (nSPS) is 11.5. The highest BCUT2D eigenvalue weighted by atomic mass is 15.1. The fourth-order valence-corrected chi connectivity index (χ4v) is 8.28. The Labute approximate surface area is 330 Å². The number of aromatic nitrogens is 4. The average molecular weight is 727 g/mol. The molecule has 0 N–H and O–H groups in total. The Kier molecular flexibility index (Phi) is 7.78. The zero-order valence-electron chi connectivity index (χ0n) is 30.9. The summed E-state index contributed by atoms with van der Waals surface area (Å²) < 4.78 is 2.37. The first kappa shape index (κ1) is 32.7. The van der Waals surface area contributed by atoms with E-state index in [1.54, 1.807) is 0 Å². The highest BCUT2D eigenvalue weighted by Crippen LogP contribution is 2.39. The molecule has 2 heterocycles. The van der Waals surface area contributed by atoms with Gasteiger partial charge in [0.2, 0.25) is 0 Å². The molecule has 9 aromatic carbocycles. The predicted octanol–water partition coefficient (Wildman–Crippen LogP) is 13.6. The third-order valence-corrected chi connectivity index (χ3v) is 11.0. The van der Waals surface area contributed by atoms with Crippen molar-refractivity contribution in [1.29, 1.82) is 0 Å². The van der Waals surface area contributed by atoms with Crippen LogP contribution in [0.3, 0.4) is 0 Å². The summed E-state index contributed by atoms with van der Waals surface area (Å²) in [6, 6.07) is 72.9. The summed E-state index contributed by atoms with van der Waals surface area (Å²) in [5, 5.41) is 7.00. The van der Waals surface area contributed by atoms with Crippen molar-refractivity contribution < 1.29 is 0 Å². The van der Waals surface area contributed by atoms with Crippen LogP contribution in [0.5, 0.6) is 0 Å². The monoisotopic (exact) mass is 726 g/mol. The van der Waals surface area contributed by atoms with Crippen LogP contribution in [0.1, 0.15) is 0 Å². The van der Waals surface area contributed by atoms with Crippen LogP contribution in [0.25, 0.3) is 105 Å². The third kappa shape index (κ3) is 5.74. The van der Waals surface area contributed by atoms with Crippen molar-refractivity contribution in [1.82, 2.24) is 19.5 Å². The molecule has 11 rings (SSSR count). The summed E-state index contributed by atoms with van der Waals surface area (Å²) in [6.45, 7) is 0. The second-order valence-electron chi connectivity index (χ2n) is 14.4. The minimum absolute atomic E-state index is 0.606. The Hall–Kier alpha value is -7.69. The standard InChI is InChI=1S/C53H34N4/c1-3-15-35(16-4-1)39-29-30-46(50(34-39)57-48-25-13-11-23-44(48)45-24-12-14-26-49(45)57)53-55-51(41-28-27-36-17-7-8-20-38(36)31-41)54-52(56-53)42-32-40-21-9-10-22-43(40)47(33-42)37-18-5-2-6-19-37/h1-34H. The Bertz CT molecular complexity index is 3240. The number of fused-ring (bicyclic) bond motifs is 5. The molecule has 0 saturated heterocycles. The van der Waals surface area contributed by atoms with E-state index in [-0.39, 0.29) is 0 Å². The number of nitrogens with zero attached hydrogens (tertiary/aromatic N) is 4. The molecule has 57 heavy (non-hydrogen) atoms. The van der Waals surface area contributed by atoms with E-state index in [1.807, 2.05) is 0 Å². The van der Waals surface area contributed by atoms with Crippen LogP contribution in [-0.2, 0) is 0 Å². The first-order chi connectivity index (χ1) is 28.2. The molecule has 0 saturated carbocycles. The average Bonchev–Trinajstić information content (AvgIpc) is 3.63. The van der Waals surface area contributed by atoms with Gasteiger partial charge in [0.15, 0.2) is 17.5 Å². The van der Waals surface area contributed by atoms with Crippen LogP contribution in [0.4, 0.5) is 0 Å². The Morgan fingerprint density at radius 2 is 0.807 bits per heavy atom. The van der Waals surface area contributed by atoms with Crippen molar-refractivity contribution >= 4 is 43.4 Å². The topological polar surface area (TPSA) is 43.6 Å². The summed E-state index contributed by atoms with van der Waals surface area (Å²) in [4.78, 5) is 16.0. The summed E-state index contributed by atoms with van der Waals surface area (Å²) >= 11 is 0. The lowest BCUT2D eigenvalue weighted by Gasteiger charge is -2.17. The van der Waals surface area contributed by atoms with Gasteiger partial charge < -0.3 is 4.57 Å². The van der Waals surface area contributed by atoms with Gasteiger partial charge in [-0.3, -0.25) is 0 Å². The molecule has 0 unspecified atom stereocenters. The van der Waals surface area contributed by atoms with Crippen molar-refractivity contribution in [2.24, 2.45) is 0 Å². The van der Waals surface area contributed by atoms with E-state index in [0.29, 0.717) is 17.5 Å². The van der Waals surface area contributed by atoms with Crippen LogP contribution >= 0.6 is 0 Å². The van der Waals surface area contributed by atoms with Gasteiger partial charge in [0.05, 0.1) is 16.7 Å². The van der Waals surface area contributed by atoms with E-state index in [2.05, 4.69) is 211 Å². The van der Waals surface area contributed by atoms with Gasteiger partial charge in [0.1, 0.15) is 0 Å². The van der Waals surface area contributed by atoms with Gasteiger partial charge in [-0.2, -0.15) is 0 Å². The number of benzene rings is 9. The molecule has 0 bridgehead atoms. The van der Waals surface area contributed by atoms with Crippen LogP contribution < -0.4 is 0 Å². The zero-order valence-corrected chi connectivity index (χ0v) is 30.9. The van der Waals surface area contributed by atoms with Gasteiger partial charge in [0.25, 0.3) is 0 Å². The van der Waals surface area contributed by atoms with Crippen molar-refractivity contribution in [2.45, 2.75) is 0 Å². The fraction of sp³-hybridized carbons (Fsp3) is 0. The van der Waals surface area contributed by atoms with E-state index < -0.39 is 0 Å². The first-order valence-electron chi connectivity index (χ1n) is 19.3. The molecule has 0 spiro atoms. The summed E-state index contributed by atoms with van der Waals surface area (Å²) in [5.74, 6) is 1.84. The summed E-state index contributed by atoms with van der Waals surface area (Å²) in [6.07, 6.45) is 0. The van der Waals surface area contributed by atoms with E-state index in [4.69, 9.17) is 15.0 Å². The Balaban J connectivity index is 1.21. The molecule has 0 radical (unpaired) electrons. The van der Waals surface area contributed by atoms with Gasteiger partial charge in [-0.15, -0.1) is 0 Å². The maximum atomic E-state index is 5.40. The van der Waals surface area contributed by atoms with E-state index in [9.17, 15) is 0 Å². The molecule has 0 fully saturated rings. The third-order valence-electron chi connectivity index (χ3n) is 11.0. The number of para-hydroxylation sites is 2. The molecule has 0 aliphatic heterocycles. The summed E-state index contributed by atoms with van der Waals surface area (Å²) in [7, 11) is 0. The summed E-state index contributed by atoms with van der Waals surface area (Å²) in [5.41, 5.74) is 10.5. The Morgan fingerprint density at radius 3 is 1.53 bits per heavy atom. The van der Waals surface area contributed by atoms with Crippen LogP contribution in [0.2, 0.25) is 0 Å². The minimum Gasteiger partial charge on any atom is -0.308 e. The quantitative estimate of drug-likeness (QED) is 0.171. The maximum absolute atomic E-state index is 5.40. The molecule has 266 valence electrons. The second kappa shape index (κ2) is 13.6. The molecule has 11 aromatic rings. The lowest BCUT2D eigenvalue weighted by molar-refractivity contribution is 1.07. The van der Waals surface area contributed by atoms with Gasteiger partial charge in [0, 0.05) is 27.5 Å². The molecule has 2 aromatic heterocycles. The van der Waals surface area contributed by atoms with Crippen LogP contribution in [0.15, 0.2) is 206 Å². The predicted molar refractivity (Wildman–Crippen MR) is 236 cm³/mol. The smallest absolute Gasteiger partial charge is 0.166 e. The second-order valence-corrected chi connectivity index (χ2v) is 14.4. The lowest BCUT2D eigenvalue weighted by atomic mass is 9.95. The van der Waals surface area contributed by atoms with E-state index >= 15 is 0 Å². The van der Waals surface area contributed by atoms with Crippen molar-refractivity contribution in [3.8, 4) is 62.1 Å². The molecule has 4 nitrogen and oxygen atoms in total. The number of rotatable bonds is 6. The van der Waals surface area contributed by atoms with Gasteiger partial charge in [-0.25, -0.2) is 15.0 Å². The lowest BCUT2D eigenvalue weighted by Crippen LogP contribution is -2.04. The highest BCUT2D eigenvalue weighted by Gasteiger charge is 2.21. The molecule has 0 aliphatic carbocycles. The van der Waals surface area contributed by atoms with E-state index in [0.717, 1.165) is 66.4 Å². The van der Waals surface area contributed by atoms with Gasteiger partial charge in [-0.1, -0.05) is 164 Å². The molecule has 0 atom stereocenters. The minimum atomic E-state index is 0.606. The van der Waals surface area contributed by atoms with Crippen molar-refractivity contribution in [3.63, 3.8) is 0 Å². The Morgan fingerprint density at radius 1 is 0.281 bits per heavy atom. The van der Waals surface area contributed by atoms with Crippen molar-refractivity contribution in [2.75, 3.05) is 0 Å². The van der Waals surface area contributed by atoms with Gasteiger partial charge >= 0.3 is 0 Å². The number of hydrogen-bond acceptors (Lipinski definition) is 3. The zero-order chi connectivity index (χ0) is 37.7. The molecular weight excluding hydrogens is 693 g/mol. The SMILES string of the molecule is c1ccc(-c2ccc(-c3nc(-c4ccc5ccccc5c4)nc(-c4cc(-c5ccccc5)c5ccccc5c4)n3)c(-n3c4ccccc4c4ccccc43)c2)cc1.